The van der Waals surface area contributed by atoms with Crippen molar-refractivity contribution in [2.75, 3.05) is 0 Å². The van der Waals surface area contributed by atoms with Crippen LogP contribution in [0, 0.1) is 0 Å². The normalized spacial score (nSPS) is 21.1. The molecule has 14 heavy (non-hydrogen) atoms. The molecule has 0 saturated carbocycles. The molecule has 2 heteroatoms. The average Bonchev–Trinajstić information content (AvgIpc) is 2.54. The van der Waals surface area contributed by atoms with Gasteiger partial charge in [-0.25, -0.2) is 0 Å². The van der Waals surface area contributed by atoms with Gasteiger partial charge in [-0.05, 0) is 30.4 Å². The Labute approximate surface area is 87.8 Å². The van der Waals surface area contributed by atoms with E-state index >= 15 is 0 Å². The number of hydrogen-bond acceptors (Lipinski definition) is 2. The number of benzene rings is 1. The van der Waals surface area contributed by atoms with E-state index in [1.807, 2.05) is 11.3 Å². The minimum atomic E-state index is 0.635. The molecule has 1 nitrogen and oxygen atoms in total. The summed E-state index contributed by atoms with van der Waals surface area (Å²) in [7, 11) is 0. The quantitative estimate of drug-likeness (QED) is 0.694. The first-order chi connectivity index (χ1) is 6.84. The minimum Gasteiger partial charge on any atom is -0.310 e. The largest absolute Gasteiger partial charge is 0.310 e. The van der Waals surface area contributed by atoms with Crippen molar-refractivity contribution in [3.05, 3.63) is 34.7 Å². The molecule has 3 rings (SSSR count). The van der Waals surface area contributed by atoms with Crippen LogP contribution in [0.5, 0.6) is 0 Å². The summed E-state index contributed by atoms with van der Waals surface area (Å²) in [5.41, 5.74) is 1.53. The molecule has 1 aromatic heterocycles. The predicted octanol–water partition coefficient (Wildman–Crippen LogP) is 2.94. The molecular formula is C12H13NS. The fourth-order valence-electron chi connectivity index (χ4n) is 2.13. The molecule has 0 radical (unpaired) electrons. The van der Waals surface area contributed by atoms with Crippen molar-refractivity contribution in [1.29, 1.82) is 0 Å². The monoisotopic (exact) mass is 203 g/mol. The molecule has 0 aliphatic carbocycles. The molecule has 1 aromatic carbocycles. The van der Waals surface area contributed by atoms with Crippen LogP contribution in [0.3, 0.4) is 0 Å². The molecule has 72 valence electrons. The van der Waals surface area contributed by atoms with Gasteiger partial charge in [0.05, 0.1) is 0 Å². The van der Waals surface area contributed by atoms with E-state index in [1.165, 1.54) is 22.1 Å². The zero-order valence-corrected chi connectivity index (χ0v) is 9.03. The van der Waals surface area contributed by atoms with Gasteiger partial charge in [-0.3, -0.25) is 0 Å². The lowest BCUT2D eigenvalue weighted by Gasteiger charge is -2.19. The van der Waals surface area contributed by atoms with Gasteiger partial charge in [0.15, 0.2) is 0 Å². The van der Waals surface area contributed by atoms with E-state index in [-0.39, 0.29) is 0 Å². The highest BCUT2D eigenvalue weighted by molar-refractivity contribution is 7.19. The third kappa shape index (κ3) is 1.18. The van der Waals surface area contributed by atoms with Gasteiger partial charge in [0.2, 0.25) is 0 Å². The summed E-state index contributed by atoms with van der Waals surface area (Å²) in [6.45, 7) is 3.30. The zero-order chi connectivity index (χ0) is 9.54. The third-order valence-electron chi connectivity index (χ3n) is 2.90. The molecule has 0 saturated heterocycles. The number of fused-ring (bicyclic) bond motifs is 3. The van der Waals surface area contributed by atoms with E-state index in [1.54, 1.807) is 4.88 Å². The molecule has 1 atom stereocenters. The standard InChI is InChI=1S/C12H13NS/c1-8-6-12-10(7-13-8)9-4-2-3-5-11(9)14-12/h2-5,8,13H,6-7H2,1H3/t8-/m1/s1. The van der Waals surface area contributed by atoms with E-state index in [2.05, 4.69) is 36.5 Å². The number of nitrogens with one attached hydrogen (secondary N) is 1. The molecule has 0 fully saturated rings. The molecule has 2 aromatic rings. The Morgan fingerprint density at radius 1 is 1.36 bits per heavy atom. The second kappa shape index (κ2) is 3.07. The van der Waals surface area contributed by atoms with Crippen LogP contribution < -0.4 is 5.32 Å². The van der Waals surface area contributed by atoms with Gasteiger partial charge in [-0.15, -0.1) is 11.3 Å². The minimum absolute atomic E-state index is 0.635. The smallest absolute Gasteiger partial charge is 0.0349 e. The Morgan fingerprint density at radius 3 is 3.14 bits per heavy atom. The highest BCUT2D eigenvalue weighted by Gasteiger charge is 2.18. The maximum absolute atomic E-state index is 3.52. The Hall–Kier alpha value is -0.860. The molecule has 1 N–H and O–H groups in total. The Morgan fingerprint density at radius 2 is 2.21 bits per heavy atom. The van der Waals surface area contributed by atoms with Crippen molar-refractivity contribution >= 4 is 21.4 Å². The molecular weight excluding hydrogens is 190 g/mol. The van der Waals surface area contributed by atoms with E-state index in [0.717, 1.165) is 6.54 Å². The lowest BCUT2D eigenvalue weighted by molar-refractivity contribution is 0.522. The Balaban J connectivity index is 2.24. The Kier molecular flexibility index (Phi) is 1.85. The van der Waals surface area contributed by atoms with Crippen LogP contribution >= 0.6 is 11.3 Å². The molecule has 1 aliphatic heterocycles. The molecule has 0 amide bonds. The first-order valence-electron chi connectivity index (χ1n) is 5.07. The fraction of sp³-hybridized carbons (Fsp3) is 0.333. The topological polar surface area (TPSA) is 12.0 Å². The lowest BCUT2D eigenvalue weighted by atomic mass is 10.0. The number of rotatable bonds is 0. The summed E-state index contributed by atoms with van der Waals surface area (Å²) < 4.78 is 1.44. The van der Waals surface area contributed by atoms with Gasteiger partial charge < -0.3 is 5.32 Å². The van der Waals surface area contributed by atoms with Gasteiger partial charge in [0.25, 0.3) is 0 Å². The van der Waals surface area contributed by atoms with E-state index < -0.39 is 0 Å². The van der Waals surface area contributed by atoms with Crippen molar-refractivity contribution in [2.24, 2.45) is 0 Å². The molecule has 0 unspecified atom stereocenters. The van der Waals surface area contributed by atoms with Crippen LogP contribution in [-0.2, 0) is 13.0 Å². The van der Waals surface area contributed by atoms with Crippen molar-refractivity contribution in [2.45, 2.75) is 25.9 Å². The summed E-state index contributed by atoms with van der Waals surface area (Å²) in [5, 5.41) is 4.97. The van der Waals surface area contributed by atoms with Crippen molar-refractivity contribution in [3.8, 4) is 0 Å². The number of thiophene rings is 1. The second-order valence-electron chi connectivity index (χ2n) is 3.99. The summed E-state index contributed by atoms with van der Waals surface area (Å²) in [5.74, 6) is 0. The summed E-state index contributed by atoms with van der Waals surface area (Å²) in [4.78, 5) is 1.58. The summed E-state index contributed by atoms with van der Waals surface area (Å²) in [6, 6.07) is 9.36. The third-order valence-corrected chi connectivity index (χ3v) is 4.14. The highest BCUT2D eigenvalue weighted by atomic mass is 32.1. The van der Waals surface area contributed by atoms with Crippen LogP contribution in [0.4, 0.5) is 0 Å². The van der Waals surface area contributed by atoms with Crippen LogP contribution in [0.15, 0.2) is 24.3 Å². The summed E-state index contributed by atoms with van der Waals surface area (Å²) >= 11 is 1.96. The van der Waals surface area contributed by atoms with Crippen molar-refractivity contribution < 1.29 is 0 Å². The number of hydrogen-bond donors (Lipinski definition) is 1. The molecule has 0 bridgehead atoms. The molecule has 2 heterocycles. The van der Waals surface area contributed by atoms with Crippen LogP contribution in [0.25, 0.3) is 10.1 Å². The SMILES string of the molecule is C[C@@H]1Cc2sc3ccccc3c2CN1. The maximum atomic E-state index is 3.52. The van der Waals surface area contributed by atoms with Gasteiger partial charge in [-0.2, -0.15) is 0 Å². The fourth-order valence-corrected chi connectivity index (χ4v) is 3.49. The van der Waals surface area contributed by atoms with Crippen LogP contribution in [0.2, 0.25) is 0 Å². The van der Waals surface area contributed by atoms with E-state index in [9.17, 15) is 0 Å². The zero-order valence-electron chi connectivity index (χ0n) is 8.21. The first-order valence-corrected chi connectivity index (χ1v) is 5.89. The van der Waals surface area contributed by atoms with Crippen molar-refractivity contribution in [3.63, 3.8) is 0 Å². The average molecular weight is 203 g/mol. The van der Waals surface area contributed by atoms with E-state index in [0.29, 0.717) is 6.04 Å². The second-order valence-corrected chi connectivity index (χ2v) is 5.12. The molecule has 1 aliphatic rings. The maximum Gasteiger partial charge on any atom is 0.0349 e. The van der Waals surface area contributed by atoms with E-state index in [4.69, 9.17) is 0 Å². The highest BCUT2D eigenvalue weighted by Crippen LogP contribution is 2.33. The molecule has 0 spiro atoms. The van der Waals surface area contributed by atoms with Crippen molar-refractivity contribution in [1.82, 2.24) is 5.32 Å². The first kappa shape index (κ1) is 8.45. The van der Waals surface area contributed by atoms with Gasteiger partial charge in [0, 0.05) is 22.2 Å². The van der Waals surface area contributed by atoms with Gasteiger partial charge in [0.1, 0.15) is 0 Å². The van der Waals surface area contributed by atoms with Gasteiger partial charge in [-0.1, -0.05) is 18.2 Å². The predicted molar refractivity (Wildman–Crippen MR) is 61.8 cm³/mol. The lowest BCUT2D eigenvalue weighted by Crippen LogP contribution is -2.31. The van der Waals surface area contributed by atoms with Gasteiger partial charge >= 0.3 is 0 Å². The van der Waals surface area contributed by atoms with Crippen LogP contribution in [-0.4, -0.2) is 6.04 Å². The summed E-state index contributed by atoms with van der Waals surface area (Å²) in [6.07, 6.45) is 1.19. The van der Waals surface area contributed by atoms with Crippen LogP contribution in [0.1, 0.15) is 17.4 Å². The Bertz CT molecular complexity index is 472.